The average Bonchev–Trinajstić information content (AvgIpc) is 2.92. The highest BCUT2D eigenvalue weighted by Gasteiger charge is 2.13. The van der Waals surface area contributed by atoms with E-state index in [-0.39, 0.29) is 5.91 Å². The quantitative estimate of drug-likeness (QED) is 0.909. The third-order valence-corrected chi connectivity index (χ3v) is 3.65. The Balaban J connectivity index is 1.67. The van der Waals surface area contributed by atoms with Gasteiger partial charge >= 0.3 is 0 Å². The van der Waals surface area contributed by atoms with Gasteiger partial charge in [-0.05, 0) is 47.9 Å². The van der Waals surface area contributed by atoms with Crippen LogP contribution in [0, 0.1) is 0 Å². The summed E-state index contributed by atoms with van der Waals surface area (Å²) in [5, 5.41) is 6.88. The molecule has 1 amide bonds. The summed E-state index contributed by atoms with van der Waals surface area (Å²) in [6.45, 7) is 1.43. The molecular weight excluding hydrogens is 272 g/mol. The lowest BCUT2D eigenvalue weighted by molar-refractivity contribution is 0.0951. The molecule has 1 aliphatic rings. The molecule has 3 nitrogen and oxygen atoms in total. The molecule has 4 heteroatoms. The Hall–Kier alpha value is -2.00. The van der Waals surface area contributed by atoms with Gasteiger partial charge < -0.3 is 10.6 Å². The second kappa shape index (κ2) is 5.55. The van der Waals surface area contributed by atoms with Crippen molar-refractivity contribution < 1.29 is 4.79 Å². The van der Waals surface area contributed by atoms with Crippen LogP contribution in [0.5, 0.6) is 0 Å². The first-order valence-electron chi connectivity index (χ1n) is 6.62. The Morgan fingerprint density at radius 3 is 3.00 bits per heavy atom. The van der Waals surface area contributed by atoms with Crippen LogP contribution in [-0.4, -0.2) is 12.5 Å². The number of rotatable bonds is 3. The number of benzene rings is 2. The van der Waals surface area contributed by atoms with Crippen LogP contribution in [0.4, 0.5) is 5.69 Å². The van der Waals surface area contributed by atoms with E-state index >= 15 is 0 Å². The molecule has 0 unspecified atom stereocenters. The Kier molecular flexibility index (Phi) is 3.61. The summed E-state index contributed by atoms with van der Waals surface area (Å²) in [6.07, 6.45) is 0.977. The second-order valence-electron chi connectivity index (χ2n) is 4.86. The number of hydrogen-bond donors (Lipinski definition) is 2. The Bertz CT molecular complexity index is 655. The smallest absolute Gasteiger partial charge is 0.251 e. The van der Waals surface area contributed by atoms with E-state index in [9.17, 15) is 4.79 Å². The molecule has 2 N–H and O–H groups in total. The van der Waals surface area contributed by atoms with Crippen molar-refractivity contribution >= 4 is 23.2 Å². The van der Waals surface area contributed by atoms with Crippen LogP contribution >= 0.6 is 11.6 Å². The lowest BCUT2D eigenvalue weighted by Crippen LogP contribution is -2.22. The van der Waals surface area contributed by atoms with E-state index in [4.69, 9.17) is 11.6 Å². The van der Waals surface area contributed by atoms with Crippen molar-refractivity contribution in [3.8, 4) is 0 Å². The number of hydrogen-bond acceptors (Lipinski definition) is 2. The SMILES string of the molecule is O=C(NCc1cccc(Cl)c1)c1ccc2c(c1)CCN2. The lowest BCUT2D eigenvalue weighted by atomic mass is 10.1. The molecule has 0 saturated carbocycles. The number of anilines is 1. The molecule has 2 aromatic carbocycles. The van der Waals surface area contributed by atoms with E-state index in [0.717, 1.165) is 24.2 Å². The molecule has 3 rings (SSSR count). The first-order valence-corrected chi connectivity index (χ1v) is 6.99. The Labute approximate surface area is 123 Å². The molecule has 0 aliphatic carbocycles. The zero-order valence-corrected chi connectivity index (χ0v) is 11.7. The Morgan fingerprint density at radius 1 is 1.25 bits per heavy atom. The van der Waals surface area contributed by atoms with Gasteiger partial charge in [0.15, 0.2) is 0 Å². The molecule has 1 aliphatic heterocycles. The first kappa shape index (κ1) is 13.0. The maximum Gasteiger partial charge on any atom is 0.251 e. The summed E-state index contributed by atoms with van der Waals surface area (Å²) in [5.74, 6) is -0.0559. The normalized spacial score (nSPS) is 12.7. The van der Waals surface area contributed by atoms with Gasteiger partial charge in [0.25, 0.3) is 5.91 Å². The molecule has 20 heavy (non-hydrogen) atoms. The van der Waals surface area contributed by atoms with Crippen LogP contribution in [0.2, 0.25) is 5.02 Å². The fraction of sp³-hybridized carbons (Fsp3) is 0.188. The van der Waals surface area contributed by atoms with Crippen LogP contribution in [0.1, 0.15) is 21.5 Å². The molecule has 1 heterocycles. The predicted molar refractivity (Wildman–Crippen MR) is 81.3 cm³/mol. The summed E-state index contributed by atoms with van der Waals surface area (Å²) < 4.78 is 0. The lowest BCUT2D eigenvalue weighted by Gasteiger charge is -2.07. The van der Waals surface area contributed by atoms with Crippen LogP contribution in [0.25, 0.3) is 0 Å². The van der Waals surface area contributed by atoms with Crippen molar-refractivity contribution in [2.24, 2.45) is 0 Å². The van der Waals surface area contributed by atoms with E-state index in [2.05, 4.69) is 10.6 Å². The third kappa shape index (κ3) is 2.78. The monoisotopic (exact) mass is 286 g/mol. The molecule has 0 atom stereocenters. The molecule has 0 radical (unpaired) electrons. The van der Waals surface area contributed by atoms with Crippen LogP contribution < -0.4 is 10.6 Å². The zero-order chi connectivity index (χ0) is 13.9. The van der Waals surface area contributed by atoms with Crippen molar-refractivity contribution in [3.63, 3.8) is 0 Å². The van der Waals surface area contributed by atoms with Gasteiger partial charge in [-0.15, -0.1) is 0 Å². The third-order valence-electron chi connectivity index (χ3n) is 3.42. The number of fused-ring (bicyclic) bond motifs is 1. The Morgan fingerprint density at radius 2 is 2.15 bits per heavy atom. The molecule has 2 aromatic rings. The maximum atomic E-state index is 12.1. The van der Waals surface area contributed by atoms with Gasteiger partial charge in [0.2, 0.25) is 0 Å². The molecule has 0 aromatic heterocycles. The van der Waals surface area contributed by atoms with Gasteiger partial charge in [-0.25, -0.2) is 0 Å². The number of nitrogens with one attached hydrogen (secondary N) is 2. The van der Waals surface area contributed by atoms with Gasteiger partial charge in [-0.2, -0.15) is 0 Å². The summed E-state index contributed by atoms with van der Waals surface area (Å²) >= 11 is 5.92. The highest BCUT2D eigenvalue weighted by atomic mass is 35.5. The van der Waals surface area contributed by atoms with Crippen molar-refractivity contribution in [3.05, 3.63) is 64.2 Å². The van der Waals surface area contributed by atoms with Gasteiger partial charge in [-0.3, -0.25) is 4.79 Å². The first-order chi connectivity index (χ1) is 9.72. The number of amides is 1. The standard InChI is InChI=1S/C16H15ClN2O/c17-14-3-1-2-11(8-14)10-19-16(20)13-4-5-15-12(9-13)6-7-18-15/h1-5,8-9,18H,6-7,10H2,(H,19,20). The average molecular weight is 287 g/mol. The minimum absolute atomic E-state index is 0.0559. The molecule has 102 valence electrons. The number of carbonyl (C=O) groups excluding carboxylic acids is 1. The molecule has 0 fully saturated rings. The van der Waals surface area contributed by atoms with Gasteiger partial charge in [0.1, 0.15) is 0 Å². The highest BCUT2D eigenvalue weighted by molar-refractivity contribution is 6.30. The van der Waals surface area contributed by atoms with Gasteiger partial charge in [-0.1, -0.05) is 23.7 Å². The van der Waals surface area contributed by atoms with Crippen molar-refractivity contribution in [1.82, 2.24) is 5.32 Å². The summed E-state index contributed by atoms with van der Waals surface area (Å²) in [7, 11) is 0. The van der Waals surface area contributed by atoms with Crippen LogP contribution in [0.15, 0.2) is 42.5 Å². The zero-order valence-electron chi connectivity index (χ0n) is 10.9. The molecular formula is C16H15ClN2O. The van der Waals surface area contributed by atoms with E-state index in [1.54, 1.807) is 0 Å². The van der Waals surface area contributed by atoms with E-state index < -0.39 is 0 Å². The van der Waals surface area contributed by atoms with E-state index in [1.165, 1.54) is 5.56 Å². The van der Waals surface area contributed by atoms with Crippen molar-refractivity contribution in [2.45, 2.75) is 13.0 Å². The van der Waals surface area contributed by atoms with Gasteiger partial charge in [0.05, 0.1) is 0 Å². The van der Waals surface area contributed by atoms with Crippen LogP contribution in [0.3, 0.4) is 0 Å². The second-order valence-corrected chi connectivity index (χ2v) is 5.30. The maximum absolute atomic E-state index is 12.1. The predicted octanol–water partition coefficient (Wildman–Crippen LogP) is 3.24. The molecule has 0 bridgehead atoms. The summed E-state index contributed by atoms with van der Waals surface area (Å²) in [5.41, 5.74) is 4.04. The fourth-order valence-corrected chi connectivity index (χ4v) is 2.59. The van der Waals surface area contributed by atoms with Gasteiger partial charge in [0, 0.05) is 29.4 Å². The summed E-state index contributed by atoms with van der Waals surface area (Å²) in [6, 6.07) is 13.3. The molecule has 0 saturated heterocycles. The summed E-state index contributed by atoms with van der Waals surface area (Å²) in [4.78, 5) is 12.1. The topological polar surface area (TPSA) is 41.1 Å². The van der Waals surface area contributed by atoms with E-state index in [1.807, 2.05) is 42.5 Å². The minimum atomic E-state index is -0.0559. The van der Waals surface area contributed by atoms with Crippen LogP contribution in [-0.2, 0) is 13.0 Å². The minimum Gasteiger partial charge on any atom is -0.384 e. The largest absolute Gasteiger partial charge is 0.384 e. The van der Waals surface area contributed by atoms with Crippen molar-refractivity contribution in [1.29, 1.82) is 0 Å². The van der Waals surface area contributed by atoms with E-state index in [0.29, 0.717) is 17.1 Å². The van der Waals surface area contributed by atoms with Crippen molar-refractivity contribution in [2.75, 3.05) is 11.9 Å². The number of halogens is 1. The number of carbonyl (C=O) groups is 1. The molecule has 0 spiro atoms. The fourth-order valence-electron chi connectivity index (χ4n) is 2.38. The highest BCUT2D eigenvalue weighted by Crippen LogP contribution is 2.23.